The highest BCUT2D eigenvalue weighted by Gasteiger charge is 2.26. The maximum absolute atomic E-state index is 11.3. The number of carbonyl (C=O) groups excluding carboxylic acids is 1. The minimum absolute atomic E-state index is 0.219. The van der Waals surface area contributed by atoms with Crippen molar-refractivity contribution in [3.63, 3.8) is 0 Å². The lowest BCUT2D eigenvalue weighted by molar-refractivity contribution is -0.114. The van der Waals surface area contributed by atoms with Gasteiger partial charge in [0.2, 0.25) is 0 Å². The van der Waals surface area contributed by atoms with E-state index in [0.29, 0.717) is 6.42 Å². The third-order valence-corrected chi connectivity index (χ3v) is 3.33. The molecule has 0 amide bonds. The van der Waals surface area contributed by atoms with Gasteiger partial charge in [-0.05, 0) is 43.3 Å². The molecule has 0 aliphatic heterocycles. The predicted octanol–water partition coefficient (Wildman–Crippen LogP) is 4.05. The Hall–Kier alpha value is -0.850. The lowest BCUT2D eigenvalue weighted by Crippen LogP contribution is -2.19. The van der Waals surface area contributed by atoms with E-state index in [0.717, 1.165) is 0 Å². The number of rotatable bonds is 3. The van der Waals surface area contributed by atoms with Crippen LogP contribution >= 0.6 is 0 Å². The molecule has 0 unspecified atom stereocenters. The summed E-state index contributed by atoms with van der Waals surface area (Å²) < 4.78 is 0. The Morgan fingerprint density at radius 3 is 2.67 bits per heavy atom. The smallest absolute Gasteiger partial charge is 0.155 e. The quantitative estimate of drug-likeness (QED) is 0.637. The molecule has 0 saturated heterocycles. The fraction of sp³-hybridized carbons (Fsp3) is 0.643. The van der Waals surface area contributed by atoms with Gasteiger partial charge in [-0.2, -0.15) is 0 Å². The molecular formula is C14H22O. The van der Waals surface area contributed by atoms with Crippen LogP contribution in [0.2, 0.25) is 0 Å². The topological polar surface area (TPSA) is 17.1 Å². The Morgan fingerprint density at radius 2 is 2.13 bits per heavy atom. The lowest BCUT2D eigenvalue weighted by atomic mass is 9.72. The molecule has 1 nitrogen and oxygen atoms in total. The van der Waals surface area contributed by atoms with Gasteiger partial charge in [0.1, 0.15) is 0 Å². The van der Waals surface area contributed by atoms with Gasteiger partial charge in [-0.1, -0.05) is 32.4 Å². The maximum atomic E-state index is 11.3. The highest BCUT2D eigenvalue weighted by Crippen LogP contribution is 2.40. The monoisotopic (exact) mass is 206 g/mol. The highest BCUT2D eigenvalue weighted by molar-refractivity contribution is 5.89. The summed E-state index contributed by atoms with van der Waals surface area (Å²) in [4.78, 5) is 11.3. The lowest BCUT2D eigenvalue weighted by Gasteiger charge is -2.32. The van der Waals surface area contributed by atoms with Crippen molar-refractivity contribution in [1.82, 2.24) is 0 Å². The first-order valence-electron chi connectivity index (χ1n) is 5.88. The van der Waals surface area contributed by atoms with Gasteiger partial charge in [0.15, 0.2) is 5.78 Å². The van der Waals surface area contributed by atoms with E-state index in [4.69, 9.17) is 0 Å². The number of carbonyl (C=O) groups is 1. The summed E-state index contributed by atoms with van der Waals surface area (Å²) in [5.74, 6) is 0.219. The van der Waals surface area contributed by atoms with Crippen molar-refractivity contribution < 1.29 is 4.79 Å². The molecule has 0 heterocycles. The van der Waals surface area contributed by atoms with Crippen molar-refractivity contribution in [3.05, 3.63) is 23.3 Å². The first kappa shape index (κ1) is 12.2. The third kappa shape index (κ3) is 3.05. The summed E-state index contributed by atoms with van der Waals surface area (Å²) in [6.45, 7) is 8.63. The molecule has 1 aliphatic rings. The molecule has 0 fully saturated rings. The second-order valence-corrected chi connectivity index (χ2v) is 5.08. The molecule has 0 aromatic carbocycles. The molecule has 84 valence electrons. The van der Waals surface area contributed by atoms with E-state index in [1.165, 1.54) is 30.4 Å². The highest BCUT2D eigenvalue weighted by atomic mass is 16.1. The summed E-state index contributed by atoms with van der Waals surface area (Å²) in [6.07, 6.45) is 8.07. The zero-order valence-electron chi connectivity index (χ0n) is 10.4. The zero-order chi connectivity index (χ0) is 11.5. The largest absolute Gasteiger partial charge is 0.295 e. The van der Waals surface area contributed by atoms with Crippen LogP contribution < -0.4 is 0 Å². The molecule has 15 heavy (non-hydrogen) atoms. The van der Waals surface area contributed by atoms with Crippen molar-refractivity contribution in [2.24, 2.45) is 5.41 Å². The van der Waals surface area contributed by atoms with E-state index >= 15 is 0 Å². The summed E-state index contributed by atoms with van der Waals surface area (Å²) in [7, 11) is 0. The Balaban J connectivity index is 2.90. The van der Waals surface area contributed by atoms with Gasteiger partial charge >= 0.3 is 0 Å². The number of allylic oxidation sites excluding steroid dienone is 4. The minimum Gasteiger partial charge on any atom is -0.295 e. The molecular weight excluding hydrogens is 184 g/mol. The van der Waals surface area contributed by atoms with E-state index in [-0.39, 0.29) is 11.2 Å². The van der Waals surface area contributed by atoms with E-state index in [1.54, 1.807) is 6.08 Å². The van der Waals surface area contributed by atoms with Crippen LogP contribution in [-0.4, -0.2) is 5.78 Å². The van der Waals surface area contributed by atoms with Gasteiger partial charge < -0.3 is 0 Å². The Bertz CT molecular complexity index is 305. The summed E-state index contributed by atoms with van der Waals surface area (Å²) in [5.41, 5.74) is 3.06. The van der Waals surface area contributed by atoms with Crippen LogP contribution in [0.25, 0.3) is 0 Å². The van der Waals surface area contributed by atoms with Crippen LogP contribution in [0.3, 0.4) is 0 Å². The number of ketones is 1. The fourth-order valence-electron chi connectivity index (χ4n) is 2.30. The van der Waals surface area contributed by atoms with E-state index in [9.17, 15) is 4.79 Å². The average molecular weight is 206 g/mol. The van der Waals surface area contributed by atoms with Gasteiger partial charge in [0.05, 0.1) is 0 Å². The van der Waals surface area contributed by atoms with Crippen LogP contribution in [0.1, 0.15) is 53.4 Å². The molecule has 1 rings (SSSR count). The molecule has 1 aliphatic carbocycles. The SMILES string of the molecule is CCC(=O)/C=C\C1=C(C)CCCC1(C)C. The van der Waals surface area contributed by atoms with Crippen LogP contribution in [-0.2, 0) is 4.79 Å². The number of hydrogen-bond donors (Lipinski definition) is 0. The van der Waals surface area contributed by atoms with Crippen molar-refractivity contribution in [1.29, 1.82) is 0 Å². The summed E-state index contributed by atoms with van der Waals surface area (Å²) in [6, 6.07) is 0. The van der Waals surface area contributed by atoms with Gasteiger partial charge in [-0.15, -0.1) is 0 Å². The summed E-state index contributed by atoms with van der Waals surface area (Å²) in [5, 5.41) is 0. The van der Waals surface area contributed by atoms with Gasteiger partial charge in [0, 0.05) is 6.42 Å². The first-order valence-corrected chi connectivity index (χ1v) is 5.88. The van der Waals surface area contributed by atoms with Crippen molar-refractivity contribution in [2.45, 2.75) is 53.4 Å². The van der Waals surface area contributed by atoms with E-state index in [1.807, 2.05) is 13.0 Å². The zero-order valence-corrected chi connectivity index (χ0v) is 10.4. The van der Waals surface area contributed by atoms with Gasteiger partial charge in [-0.25, -0.2) is 0 Å². The molecule has 0 aromatic heterocycles. The van der Waals surface area contributed by atoms with Gasteiger partial charge in [-0.3, -0.25) is 4.79 Å². The van der Waals surface area contributed by atoms with E-state index in [2.05, 4.69) is 20.8 Å². The standard InChI is InChI=1S/C14H22O/c1-5-12(15)8-9-13-11(2)7-6-10-14(13,3)4/h8-9H,5-7,10H2,1-4H3/b9-8-. The minimum atomic E-state index is 0.219. The van der Waals surface area contributed by atoms with E-state index < -0.39 is 0 Å². The van der Waals surface area contributed by atoms with Crippen LogP contribution in [0.15, 0.2) is 23.3 Å². The first-order chi connectivity index (χ1) is 6.97. The van der Waals surface area contributed by atoms with Crippen molar-refractivity contribution >= 4 is 5.78 Å². The Labute approximate surface area is 93.3 Å². The maximum Gasteiger partial charge on any atom is 0.155 e. The molecule has 0 bridgehead atoms. The van der Waals surface area contributed by atoms with Crippen LogP contribution in [0.4, 0.5) is 0 Å². The van der Waals surface area contributed by atoms with Crippen molar-refractivity contribution in [2.75, 3.05) is 0 Å². The molecule has 0 spiro atoms. The van der Waals surface area contributed by atoms with Gasteiger partial charge in [0.25, 0.3) is 0 Å². The second kappa shape index (κ2) is 4.78. The molecule has 0 aromatic rings. The molecule has 0 saturated carbocycles. The predicted molar refractivity (Wildman–Crippen MR) is 64.8 cm³/mol. The van der Waals surface area contributed by atoms with Crippen molar-refractivity contribution in [3.8, 4) is 0 Å². The molecule has 1 heteroatoms. The normalized spacial score (nSPS) is 21.1. The Kier molecular flexibility index (Phi) is 3.90. The molecule has 0 radical (unpaired) electrons. The van der Waals surface area contributed by atoms with Crippen LogP contribution in [0, 0.1) is 5.41 Å². The second-order valence-electron chi connectivity index (χ2n) is 5.08. The fourth-order valence-corrected chi connectivity index (χ4v) is 2.30. The number of hydrogen-bond acceptors (Lipinski definition) is 1. The van der Waals surface area contributed by atoms with Crippen LogP contribution in [0.5, 0.6) is 0 Å². The third-order valence-electron chi connectivity index (χ3n) is 3.33. The molecule has 0 atom stereocenters. The molecule has 0 N–H and O–H groups in total. The average Bonchev–Trinajstić information content (AvgIpc) is 2.15. The Morgan fingerprint density at radius 1 is 1.47 bits per heavy atom. The summed E-state index contributed by atoms with van der Waals surface area (Å²) >= 11 is 0.